The quantitative estimate of drug-likeness (QED) is 0.637. The maximum absolute atomic E-state index is 13.5. The second-order valence-corrected chi connectivity index (χ2v) is 7.14. The van der Waals surface area contributed by atoms with Crippen LogP contribution in [0.25, 0.3) is 11.2 Å². The van der Waals surface area contributed by atoms with Gasteiger partial charge < -0.3 is 10.6 Å². The average molecular weight is 394 g/mol. The van der Waals surface area contributed by atoms with Crippen LogP contribution in [0, 0.1) is 5.92 Å². The Balaban J connectivity index is 2.27. The van der Waals surface area contributed by atoms with Gasteiger partial charge in [0.15, 0.2) is 5.65 Å². The first kappa shape index (κ1) is 20.4. The van der Waals surface area contributed by atoms with Crippen LogP contribution in [0.1, 0.15) is 37.7 Å². The summed E-state index contributed by atoms with van der Waals surface area (Å²) < 4.78 is 1.68. The van der Waals surface area contributed by atoms with E-state index in [-0.39, 0.29) is 36.3 Å². The standard InChI is InChI=1S/C21H26N6O2/c1-13(2)19(14-7-5-6-12-24-14)27-20-15(8-10-17(22-3)26-20)25-16(21(27)29)9-11-18(28)23-4/h5-8,10,12-13,19H,9,11H2,1-4H3,(H,22,26)(H,23,28)/t19-/m0/s1. The second kappa shape index (κ2) is 8.81. The molecule has 0 aliphatic heterocycles. The summed E-state index contributed by atoms with van der Waals surface area (Å²) in [6, 6.07) is 9.01. The summed E-state index contributed by atoms with van der Waals surface area (Å²) in [6.45, 7) is 4.09. The molecule has 1 atom stereocenters. The Hall–Kier alpha value is -3.29. The third-order valence-electron chi connectivity index (χ3n) is 4.83. The molecule has 2 N–H and O–H groups in total. The van der Waals surface area contributed by atoms with Gasteiger partial charge in [-0.25, -0.2) is 9.97 Å². The van der Waals surface area contributed by atoms with Crippen LogP contribution in [-0.2, 0) is 11.2 Å². The number of carbonyl (C=O) groups is 1. The first-order chi connectivity index (χ1) is 14.0. The first-order valence-electron chi connectivity index (χ1n) is 9.67. The molecule has 0 saturated heterocycles. The van der Waals surface area contributed by atoms with Crippen LogP contribution >= 0.6 is 0 Å². The second-order valence-electron chi connectivity index (χ2n) is 7.14. The minimum atomic E-state index is -0.312. The Labute approximate surface area is 169 Å². The van der Waals surface area contributed by atoms with Gasteiger partial charge in [-0.05, 0) is 30.2 Å². The van der Waals surface area contributed by atoms with Crippen molar-refractivity contribution in [2.24, 2.45) is 5.92 Å². The lowest BCUT2D eigenvalue weighted by atomic mass is 9.99. The van der Waals surface area contributed by atoms with Gasteiger partial charge in [0.25, 0.3) is 5.56 Å². The third kappa shape index (κ3) is 4.26. The summed E-state index contributed by atoms with van der Waals surface area (Å²) in [4.78, 5) is 38.8. The molecule has 0 aliphatic rings. The van der Waals surface area contributed by atoms with Gasteiger partial charge in [0, 0.05) is 33.1 Å². The lowest BCUT2D eigenvalue weighted by molar-refractivity contribution is -0.120. The number of aromatic nitrogens is 4. The van der Waals surface area contributed by atoms with E-state index in [0.29, 0.717) is 22.7 Å². The number of anilines is 1. The van der Waals surface area contributed by atoms with Crippen molar-refractivity contribution in [2.45, 2.75) is 32.7 Å². The third-order valence-corrected chi connectivity index (χ3v) is 4.83. The van der Waals surface area contributed by atoms with E-state index in [4.69, 9.17) is 0 Å². The Morgan fingerprint density at radius 3 is 2.55 bits per heavy atom. The van der Waals surface area contributed by atoms with E-state index in [1.54, 1.807) is 24.9 Å². The Kier molecular flexibility index (Phi) is 6.21. The number of carbonyl (C=O) groups excluding carboxylic acids is 1. The van der Waals surface area contributed by atoms with Crippen LogP contribution in [0.3, 0.4) is 0 Å². The topological polar surface area (TPSA) is 102 Å². The van der Waals surface area contributed by atoms with Crippen molar-refractivity contribution in [1.29, 1.82) is 0 Å². The van der Waals surface area contributed by atoms with Crippen molar-refractivity contribution >= 4 is 22.9 Å². The van der Waals surface area contributed by atoms with E-state index in [1.807, 2.05) is 44.2 Å². The molecule has 3 aromatic rings. The molecule has 0 radical (unpaired) electrons. The molecule has 0 bridgehead atoms. The van der Waals surface area contributed by atoms with Crippen LogP contribution in [0.15, 0.2) is 41.3 Å². The zero-order chi connectivity index (χ0) is 21.0. The molecule has 0 saturated carbocycles. The van der Waals surface area contributed by atoms with Crippen molar-refractivity contribution in [3.05, 3.63) is 58.3 Å². The zero-order valence-electron chi connectivity index (χ0n) is 17.1. The molecule has 29 heavy (non-hydrogen) atoms. The molecule has 0 aliphatic carbocycles. The van der Waals surface area contributed by atoms with Crippen LogP contribution in [-0.4, -0.2) is 39.5 Å². The maximum atomic E-state index is 13.5. The van der Waals surface area contributed by atoms with Gasteiger partial charge in [-0.1, -0.05) is 19.9 Å². The highest BCUT2D eigenvalue weighted by Crippen LogP contribution is 2.27. The molecule has 8 heteroatoms. The summed E-state index contributed by atoms with van der Waals surface area (Å²) in [7, 11) is 3.36. The highest BCUT2D eigenvalue weighted by Gasteiger charge is 2.25. The number of hydrogen-bond acceptors (Lipinski definition) is 6. The smallest absolute Gasteiger partial charge is 0.274 e. The van der Waals surface area contributed by atoms with Crippen molar-refractivity contribution in [1.82, 2.24) is 24.8 Å². The highest BCUT2D eigenvalue weighted by atomic mass is 16.1. The van der Waals surface area contributed by atoms with Crippen molar-refractivity contribution in [3.63, 3.8) is 0 Å². The van der Waals surface area contributed by atoms with Crippen molar-refractivity contribution in [2.75, 3.05) is 19.4 Å². The number of amides is 1. The SMILES string of the molecule is CNC(=O)CCc1nc2ccc(NC)nc2n([C@H](c2ccccn2)C(C)C)c1=O. The van der Waals surface area contributed by atoms with E-state index in [1.165, 1.54) is 0 Å². The summed E-state index contributed by atoms with van der Waals surface area (Å²) in [5, 5.41) is 5.60. The van der Waals surface area contributed by atoms with Gasteiger partial charge >= 0.3 is 0 Å². The van der Waals surface area contributed by atoms with Gasteiger partial charge in [-0.15, -0.1) is 0 Å². The Morgan fingerprint density at radius 2 is 1.93 bits per heavy atom. The average Bonchev–Trinajstić information content (AvgIpc) is 2.74. The molecule has 0 aromatic carbocycles. The summed E-state index contributed by atoms with van der Waals surface area (Å²) in [6.07, 6.45) is 2.18. The van der Waals surface area contributed by atoms with E-state index in [0.717, 1.165) is 5.69 Å². The Bertz CT molecular complexity index is 1060. The van der Waals surface area contributed by atoms with E-state index in [9.17, 15) is 9.59 Å². The minimum Gasteiger partial charge on any atom is -0.373 e. The number of rotatable bonds is 7. The molecular formula is C21H26N6O2. The van der Waals surface area contributed by atoms with Gasteiger partial charge in [0.2, 0.25) is 5.91 Å². The molecule has 0 unspecified atom stereocenters. The van der Waals surface area contributed by atoms with E-state index in [2.05, 4.69) is 25.6 Å². The molecule has 0 spiro atoms. The van der Waals surface area contributed by atoms with Gasteiger partial charge in [-0.2, -0.15) is 0 Å². The number of nitrogens with one attached hydrogen (secondary N) is 2. The van der Waals surface area contributed by atoms with Crippen molar-refractivity contribution < 1.29 is 4.79 Å². The fourth-order valence-corrected chi connectivity index (χ4v) is 3.37. The number of nitrogens with zero attached hydrogens (tertiary/aromatic N) is 4. The lowest BCUT2D eigenvalue weighted by Crippen LogP contribution is -2.33. The number of aryl methyl sites for hydroxylation is 1. The van der Waals surface area contributed by atoms with Gasteiger partial charge in [-0.3, -0.25) is 19.1 Å². The summed E-state index contributed by atoms with van der Waals surface area (Å²) in [5.74, 6) is 0.598. The molecule has 8 nitrogen and oxygen atoms in total. The van der Waals surface area contributed by atoms with Crippen molar-refractivity contribution in [3.8, 4) is 0 Å². The van der Waals surface area contributed by atoms with Crippen LogP contribution in [0.4, 0.5) is 5.82 Å². The number of fused-ring (bicyclic) bond motifs is 1. The predicted octanol–water partition coefficient (Wildman–Crippen LogP) is 2.15. The number of pyridine rings is 2. The summed E-state index contributed by atoms with van der Waals surface area (Å²) >= 11 is 0. The zero-order valence-corrected chi connectivity index (χ0v) is 17.1. The maximum Gasteiger partial charge on any atom is 0.274 e. The van der Waals surface area contributed by atoms with Crippen LogP contribution in [0.5, 0.6) is 0 Å². The molecule has 3 aromatic heterocycles. The minimum absolute atomic E-state index is 0.0834. The molecule has 0 fully saturated rings. The Morgan fingerprint density at radius 1 is 1.14 bits per heavy atom. The number of hydrogen-bond donors (Lipinski definition) is 2. The fraction of sp³-hybridized carbons (Fsp3) is 0.381. The van der Waals surface area contributed by atoms with Gasteiger partial charge in [0.1, 0.15) is 17.0 Å². The molecule has 1 amide bonds. The lowest BCUT2D eigenvalue weighted by Gasteiger charge is -2.25. The molecule has 152 valence electrons. The molecule has 3 rings (SSSR count). The van der Waals surface area contributed by atoms with E-state index < -0.39 is 0 Å². The monoisotopic (exact) mass is 394 g/mol. The normalized spacial score (nSPS) is 12.2. The van der Waals surface area contributed by atoms with Crippen LogP contribution in [0.2, 0.25) is 0 Å². The van der Waals surface area contributed by atoms with Crippen LogP contribution < -0.4 is 16.2 Å². The van der Waals surface area contributed by atoms with E-state index >= 15 is 0 Å². The first-order valence-corrected chi connectivity index (χ1v) is 9.67. The predicted molar refractivity (Wildman–Crippen MR) is 113 cm³/mol. The van der Waals surface area contributed by atoms with Gasteiger partial charge in [0.05, 0.1) is 11.7 Å². The largest absolute Gasteiger partial charge is 0.373 e. The molecule has 3 heterocycles. The molecular weight excluding hydrogens is 368 g/mol. The highest BCUT2D eigenvalue weighted by molar-refractivity contribution is 5.76. The fourth-order valence-electron chi connectivity index (χ4n) is 3.37. The summed E-state index contributed by atoms with van der Waals surface area (Å²) in [5.41, 5.74) is 1.99.